The van der Waals surface area contributed by atoms with Crippen LogP contribution in [0.5, 0.6) is 23.0 Å². The molecule has 0 heterocycles. The van der Waals surface area contributed by atoms with Gasteiger partial charge < -0.3 is 29.5 Å². The summed E-state index contributed by atoms with van der Waals surface area (Å²) < 4.78 is 69.8. The van der Waals surface area contributed by atoms with E-state index in [1.165, 1.54) is 18.2 Å². The van der Waals surface area contributed by atoms with Gasteiger partial charge in [-0.05, 0) is 29.0 Å². The molecule has 8 rings (SSSR count). The number of benzene rings is 8. The van der Waals surface area contributed by atoms with Crippen LogP contribution in [0.2, 0.25) is 0 Å². The maximum Gasteiger partial charge on any atom is 1.00 e. The number of nitrogens with zero attached hydrogens (tertiary/aromatic N) is 6. The quantitative estimate of drug-likeness (QED) is 0.0576. The number of azo groups is 2. The van der Waals surface area contributed by atoms with Gasteiger partial charge in [0.1, 0.15) is 54.5 Å². The van der Waals surface area contributed by atoms with Crippen molar-refractivity contribution in [1.82, 2.24) is 0 Å². The van der Waals surface area contributed by atoms with Crippen LogP contribution in [-0.2, 0) is 37.6 Å². The SMILES string of the molecule is O=[N+]([O-])c1ccc2c(N=Nc3c(O)ccc4ccccc34)c(O)cc(S(=O)(=O)[O-])c2c1.O=[N+]([O-])c1ccc2c(N=Nc3c([O-])ccc4ccccc34)c(O)cc(S(=O)(=O)[O-])c2c1.[Cr].[Na+].[Na+].[Na+]. The Labute approximate surface area is 449 Å². The summed E-state index contributed by atoms with van der Waals surface area (Å²) in [6.45, 7) is 0. The molecule has 0 radical (unpaired) electrons. The summed E-state index contributed by atoms with van der Waals surface area (Å²) in [6, 6.07) is 27.6. The number of aromatic hydroxyl groups is 3. The van der Waals surface area contributed by atoms with Gasteiger partial charge in [0.25, 0.3) is 11.4 Å². The van der Waals surface area contributed by atoms with Crippen LogP contribution >= 0.6 is 0 Å². The molecule has 0 aromatic heterocycles. The van der Waals surface area contributed by atoms with Crippen LogP contribution < -0.4 is 93.8 Å². The van der Waals surface area contributed by atoms with E-state index in [1.807, 2.05) is 0 Å². The van der Waals surface area contributed by atoms with Crippen LogP contribution in [0.4, 0.5) is 34.1 Å². The zero-order valence-electron chi connectivity index (χ0n) is 34.3. The van der Waals surface area contributed by atoms with E-state index in [4.69, 9.17) is 0 Å². The minimum absolute atomic E-state index is 0. The number of non-ortho nitro benzene ring substituents is 2. The topological polar surface area (TPSA) is 334 Å². The van der Waals surface area contributed by atoms with Gasteiger partial charge in [-0.2, -0.15) is 5.11 Å². The summed E-state index contributed by atoms with van der Waals surface area (Å²) in [5.41, 5.74) is -1.27. The van der Waals surface area contributed by atoms with E-state index in [9.17, 15) is 66.6 Å². The maximum atomic E-state index is 12.3. The largest absolute Gasteiger partial charge is 1.00 e. The van der Waals surface area contributed by atoms with Crippen molar-refractivity contribution in [1.29, 1.82) is 0 Å². The molecule has 0 bridgehead atoms. The van der Waals surface area contributed by atoms with Gasteiger partial charge in [0.15, 0.2) is 0 Å². The molecule has 0 aliphatic heterocycles. The Bertz CT molecular complexity index is 3290. The molecule has 0 aliphatic carbocycles. The number of nitro groups is 2. The number of phenols is 3. The number of fused-ring (bicyclic) bond motifs is 4. The molecule has 0 atom stereocenters. The Kier molecular flexibility index (Phi) is 18.9. The van der Waals surface area contributed by atoms with Crippen molar-refractivity contribution in [3.05, 3.63) is 142 Å². The second-order valence-electron chi connectivity index (χ2n) is 13.1. The number of hydrogen-bond acceptors (Lipinski definition) is 18. The van der Waals surface area contributed by atoms with E-state index < -0.39 is 68.5 Å². The summed E-state index contributed by atoms with van der Waals surface area (Å²) in [5, 5.41) is 83.1. The fraction of sp³-hybridized carbons (Fsp3) is 0. The fourth-order valence-corrected chi connectivity index (χ4v) is 7.83. The number of rotatable bonds is 8. The molecule has 8 aromatic carbocycles. The standard InChI is InChI=1S/2C20H13N3O7S.Cr.3Na/c2*24-16-8-5-11-3-1-2-4-13(11)19(16)21-22-20-14-7-6-12(23(26)27)9-15(14)18(10-17(20)25)31(28,29)30;;;;/h2*1-10,24-25H,(H,28,29,30);;;;/q;;;3*+1/p-3. The molecule has 8 aromatic rings. The Balaban J connectivity index is 0.000000330. The Hall–Kier alpha value is -4.65. The third-order valence-electron chi connectivity index (χ3n) is 9.27. The smallest absolute Gasteiger partial charge is 0.871 e. The molecule has 3 N–H and O–H groups in total. The van der Waals surface area contributed by atoms with Gasteiger partial charge in [0.2, 0.25) is 0 Å². The summed E-state index contributed by atoms with van der Waals surface area (Å²) in [4.78, 5) is 19.0. The Morgan fingerprint density at radius 1 is 0.439 bits per heavy atom. The normalized spacial score (nSPS) is 11.3. The first-order valence-electron chi connectivity index (χ1n) is 17.4. The van der Waals surface area contributed by atoms with Gasteiger partial charge in [0, 0.05) is 86.1 Å². The van der Waals surface area contributed by atoms with Crippen molar-refractivity contribution in [2.45, 2.75) is 9.79 Å². The van der Waals surface area contributed by atoms with E-state index in [1.54, 1.807) is 60.7 Å². The monoisotopic (exact) mass is 996 g/mol. The van der Waals surface area contributed by atoms with Crippen molar-refractivity contribution in [2.75, 3.05) is 0 Å². The molecule has 26 heteroatoms. The van der Waals surface area contributed by atoms with Crippen LogP contribution in [0.3, 0.4) is 0 Å². The minimum Gasteiger partial charge on any atom is -0.871 e. The van der Waals surface area contributed by atoms with E-state index in [0.29, 0.717) is 22.9 Å². The fourth-order valence-electron chi connectivity index (χ4n) is 6.44. The molecular formula is C40H23CrN6Na3O14S2. The average molecular weight is 997 g/mol. The molecule has 0 saturated carbocycles. The van der Waals surface area contributed by atoms with Gasteiger partial charge in [-0.25, -0.2) is 16.8 Å². The first-order chi connectivity index (χ1) is 29.3. The molecular weight excluding hydrogens is 974 g/mol. The van der Waals surface area contributed by atoms with Crippen molar-refractivity contribution in [3.8, 4) is 23.0 Å². The Morgan fingerprint density at radius 2 is 0.803 bits per heavy atom. The summed E-state index contributed by atoms with van der Waals surface area (Å²) >= 11 is 0. The predicted octanol–water partition coefficient (Wildman–Crippen LogP) is -0.359. The molecule has 318 valence electrons. The number of hydrogen-bond donors (Lipinski definition) is 3. The van der Waals surface area contributed by atoms with E-state index >= 15 is 0 Å². The predicted molar refractivity (Wildman–Crippen MR) is 218 cm³/mol. The zero-order valence-corrected chi connectivity index (χ0v) is 43.2. The van der Waals surface area contributed by atoms with Crippen LogP contribution in [-0.4, -0.2) is 51.1 Å². The van der Waals surface area contributed by atoms with Gasteiger partial charge in [0.05, 0.1) is 25.3 Å². The van der Waals surface area contributed by atoms with Gasteiger partial charge in [-0.1, -0.05) is 72.5 Å². The third kappa shape index (κ3) is 11.7. The van der Waals surface area contributed by atoms with Crippen LogP contribution in [0.1, 0.15) is 0 Å². The average Bonchev–Trinajstić information content (AvgIpc) is 3.22. The van der Waals surface area contributed by atoms with E-state index in [2.05, 4.69) is 20.5 Å². The summed E-state index contributed by atoms with van der Waals surface area (Å²) in [6.07, 6.45) is 0. The maximum absolute atomic E-state index is 12.3. The van der Waals surface area contributed by atoms with Crippen molar-refractivity contribution in [2.24, 2.45) is 20.5 Å². The molecule has 0 unspecified atom stereocenters. The molecule has 0 spiro atoms. The number of phenolic OH excluding ortho intramolecular Hbond substituents is 3. The molecule has 0 amide bonds. The van der Waals surface area contributed by atoms with Crippen LogP contribution in [0, 0.1) is 20.2 Å². The summed E-state index contributed by atoms with van der Waals surface area (Å²) in [5.74, 6) is -1.97. The van der Waals surface area contributed by atoms with Crippen molar-refractivity contribution in [3.63, 3.8) is 0 Å². The molecule has 0 saturated heterocycles. The number of nitro benzene ring substituents is 2. The van der Waals surface area contributed by atoms with Crippen molar-refractivity contribution < 1.29 is 162 Å². The Morgan fingerprint density at radius 3 is 1.21 bits per heavy atom. The first-order valence-corrected chi connectivity index (χ1v) is 20.2. The van der Waals surface area contributed by atoms with Gasteiger partial charge in [-0.15, -0.1) is 15.3 Å². The van der Waals surface area contributed by atoms with E-state index in [0.717, 1.165) is 41.1 Å². The van der Waals surface area contributed by atoms with Gasteiger partial charge >= 0.3 is 88.7 Å². The first kappa shape index (κ1) is 55.7. The molecule has 66 heavy (non-hydrogen) atoms. The van der Waals surface area contributed by atoms with Crippen molar-refractivity contribution >= 4 is 97.5 Å². The minimum atomic E-state index is -5.07. The third-order valence-corrected chi connectivity index (χ3v) is 11.0. The zero-order chi connectivity index (χ0) is 44.7. The molecule has 0 fully saturated rings. The van der Waals surface area contributed by atoms with Crippen LogP contribution in [0.25, 0.3) is 43.1 Å². The second-order valence-corrected chi connectivity index (χ2v) is 15.8. The van der Waals surface area contributed by atoms with E-state index in [-0.39, 0.29) is 156 Å². The van der Waals surface area contributed by atoms with Crippen LogP contribution in [0.15, 0.2) is 152 Å². The molecule has 0 aliphatic rings. The van der Waals surface area contributed by atoms with Gasteiger partial charge in [-0.3, -0.25) is 20.2 Å². The molecule has 20 nitrogen and oxygen atoms in total. The second kappa shape index (κ2) is 22.4. The summed E-state index contributed by atoms with van der Waals surface area (Å²) in [7, 11) is -10.1.